The lowest BCUT2D eigenvalue weighted by Crippen LogP contribution is -2.30. The summed E-state index contributed by atoms with van der Waals surface area (Å²) in [5.41, 5.74) is 0. The van der Waals surface area contributed by atoms with Crippen LogP contribution in [-0.2, 0) is 0 Å². The molecule has 0 spiro atoms. The van der Waals surface area contributed by atoms with Crippen molar-refractivity contribution < 1.29 is 0 Å². The first-order valence-electron chi connectivity index (χ1n) is 5.37. The van der Waals surface area contributed by atoms with Gasteiger partial charge in [0, 0.05) is 0 Å². The Morgan fingerprint density at radius 2 is 1.83 bits per heavy atom. The monoisotopic (exact) mass is 169 g/mol. The summed E-state index contributed by atoms with van der Waals surface area (Å²) in [6, 6.07) is 0. The molecule has 1 saturated heterocycles. The zero-order chi connectivity index (χ0) is 8.97. The maximum absolute atomic E-state index is 2.45. The van der Waals surface area contributed by atoms with Gasteiger partial charge in [-0.1, -0.05) is 26.7 Å². The first-order valence-corrected chi connectivity index (χ1v) is 5.37. The Balaban J connectivity index is 2.09. The molecule has 0 unspecified atom stereocenters. The molecule has 0 aromatic carbocycles. The van der Waals surface area contributed by atoms with E-state index in [0.29, 0.717) is 0 Å². The van der Waals surface area contributed by atoms with Gasteiger partial charge in [-0.25, -0.2) is 0 Å². The zero-order valence-electron chi connectivity index (χ0n) is 8.84. The van der Waals surface area contributed by atoms with E-state index in [1.165, 1.54) is 38.8 Å². The molecule has 1 nitrogen and oxygen atoms in total. The molecule has 72 valence electrons. The molecule has 1 rings (SSSR count). The highest BCUT2D eigenvalue weighted by molar-refractivity contribution is 4.70. The molecule has 0 bridgehead atoms. The maximum Gasteiger partial charge on any atom is -0.00191 e. The van der Waals surface area contributed by atoms with Crippen LogP contribution in [0.2, 0.25) is 0 Å². The molecule has 0 atom stereocenters. The maximum atomic E-state index is 2.45. The standard InChI is InChI=1S/C11H23N/c1-10(2)4-5-11-6-8-12(3)9-7-11/h10-11H,4-9H2,1-3H3. The molecule has 1 fully saturated rings. The second-order valence-electron chi connectivity index (χ2n) is 4.72. The fourth-order valence-electron chi connectivity index (χ4n) is 1.92. The van der Waals surface area contributed by atoms with Gasteiger partial charge < -0.3 is 4.90 Å². The number of hydrogen-bond acceptors (Lipinski definition) is 1. The Morgan fingerprint density at radius 1 is 1.25 bits per heavy atom. The lowest BCUT2D eigenvalue weighted by Gasteiger charge is -2.29. The highest BCUT2D eigenvalue weighted by atomic mass is 15.1. The quantitative estimate of drug-likeness (QED) is 0.628. The van der Waals surface area contributed by atoms with E-state index in [9.17, 15) is 0 Å². The molecule has 1 aliphatic rings. The third-order valence-corrected chi connectivity index (χ3v) is 2.99. The summed E-state index contributed by atoms with van der Waals surface area (Å²) in [6.07, 6.45) is 5.76. The average Bonchev–Trinajstić information content (AvgIpc) is 2.03. The van der Waals surface area contributed by atoms with Crippen LogP contribution in [0.15, 0.2) is 0 Å². The highest BCUT2D eigenvalue weighted by Crippen LogP contribution is 2.22. The molecule has 0 N–H and O–H groups in total. The molecule has 0 aromatic heterocycles. The van der Waals surface area contributed by atoms with Crippen LogP contribution in [0.3, 0.4) is 0 Å². The third-order valence-electron chi connectivity index (χ3n) is 2.99. The van der Waals surface area contributed by atoms with Gasteiger partial charge in [0.2, 0.25) is 0 Å². The molecule has 0 aliphatic carbocycles. The normalized spacial score (nSPS) is 22.0. The lowest BCUT2D eigenvalue weighted by molar-refractivity contribution is 0.206. The molecule has 0 saturated carbocycles. The van der Waals surface area contributed by atoms with Crippen molar-refractivity contribution in [2.75, 3.05) is 20.1 Å². The van der Waals surface area contributed by atoms with Gasteiger partial charge in [0.05, 0.1) is 0 Å². The second-order valence-corrected chi connectivity index (χ2v) is 4.72. The summed E-state index contributed by atoms with van der Waals surface area (Å²) < 4.78 is 0. The molecular weight excluding hydrogens is 146 g/mol. The molecule has 1 aliphatic heterocycles. The average molecular weight is 169 g/mol. The van der Waals surface area contributed by atoms with Crippen LogP contribution in [0.5, 0.6) is 0 Å². The van der Waals surface area contributed by atoms with Gasteiger partial charge in [0.15, 0.2) is 0 Å². The summed E-state index contributed by atoms with van der Waals surface area (Å²) in [7, 11) is 2.23. The predicted molar refractivity (Wildman–Crippen MR) is 54.3 cm³/mol. The largest absolute Gasteiger partial charge is 0.306 e. The SMILES string of the molecule is CC(C)CCC1CCN(C)CC1. The van der Waals surface area contributed by atoms with Crippen molar-refractivity contribution in [1.29, 1.82) is 0 Å². The number of hydrogen-bond donors (Lipinski definition) is 0. The van der Waals surface area contributed by atoms with E-state index in [2.05, 4.69) is 25.8 Å². The van der Waals surface area contributed by atoms with E-state index in [0.717, 1.165) is 11.8 Å². The summed E-state index contributed by atoms with van der Waals surface area (Å²) >= 11 is 0. The minimum atomic E-state index is 0.893. The lowest BCUT2D eigenvalue weighted by atomic mass is 9.90. The number of likely N-dealkylation sites (tertiary alicyclic amines) is 1. The molecular formula is C11H23N. The fourth-order valence-corrected chi connectivity index (χ4v) is 1.92. The van der Waals surface area contributed by atoms with Gasteiger partial charge in [-0.2, -0.15) is 0 Å². The van der Waals surface area contributed by atoms with Crippen LogP contribution >= 0.6 is 0 Å². The van der Waals surface area contributed by atoms with Crippen molar-refractivity contribution in [3.05, 3.63) is 0 Å². The van der Waals surface area contributed by atoms with Gasteiger partial charge in [0.25, 0.3) is 0 Å². The van der Waals surface area contributed by atoms with E-state index in [-0.39, 0.29) is 0 Å². The summed E-state index contributed by atoms with van der Waals surface area (Å²) in [6.45, 7) is 7.30. The van der Waals surface area contributed by atoms with Gasteiger partial charge in [-0.3, -0.25) is 0 Å². The summed E-state index contributed by atoms with van der Waals surface area (Å²) in [5.74, 6) is 1.92. The van der Waals surface area contributed by atoms with Crippen LogP contribution in [-0.4, -0.2) is 25.0 Å². The van der Waals surface area contributed by atoms with Gasteiger partial charge >= 0.3 is 0 Å². The highest BCUT2D eigenvalue weighted by Gasteiger charge is 2.16. The van der Waals surface area contributed by atoms with Crippen LogP contribution in [0.4, 0.5) is 0 Å². The minimum absolute atomic E-state index is 0.893. The zero-order valence-corrected chi connectivity index (χ0v) is 8.84. The van der Waals surface area contributed by atoms with Crippen LogP contribution < -0.4 is 0 Å². The summed E-state index contributed by atoms with van der Waals surface area (Å²) in [4.78, 5) is 2.45. The van der Waals surface area contributed by atoms with Crippen molar-refractivity contribution in [1.82, 2.24) is 4.90 Å². The van der Waals surface area contributed by atoms with Gasteiger partial charge in [0.1, 0.15) is 0 Å². The molecule has 1 heteroatoms. The fraction of sp³-hybridized carbons (Fsp3) is 1.00. The first-order chi connectivity index (χ1) is 5.68. The van der Waals surface area contributed by atoms with Crippen LogP contribution in [0.1, 0.15) is 39.5 Å². The Bertz CT molecular complexity index is 112. The van der Waals surface area contributed by atoms with E-state index < -0.39 is 0 Å². The number of piperidine rings is 1. The van der Waals surface area contributed by atoms with E-state index >= 15 is 0 Å². The Labute approximate surface area is 77.1 Å². The van der Waals surface area contributed by atoms with Crippen molar-refractivity contribution in [3.8, 4) is 0 Å². The van der Waals surface area contributed by atoms with Gasteiger partial charge in [-0.05, 0) is 44.8 Å². The molecule has 12 heavy (non-hydrogen) atoms. The smallest absolute Gasteiger partial charge is 0.00191 e. The van der Waals surface area contributed by atoms with Crippen LogP contribution in [0, 0.1) is 11.8 Å². The minimum Gasteiger partial charge on any atom is -0.306 e. The van der Waals surface area contributed by atoms with Crippen LogP contribution in [0.25, 0.3) is 0 Å². The van der Waals surface area contributed by atoms with Crippen molar-refractivity contribution in [3.63, 3.8) is 0 Å². The Morgan fingerprint density at radius 3 is 2.33 bits per heavy atom. The van der Waals surface area contributed by atoms with Gasteiger partial charge in [-0.15, -0.1) is 0 Å². The topological polar surface area (TPSA) is 3.24 Å². The van der Waals surface area contributed by atoms with Crippen molar-refractivity contribution >= 4 is 0 Å². The van der Waals surface area contributed by atoms with Crippen molar-refractivity contribution in [2.24, 2.45) is 11.8 Å². The molecule has 0 amide bonds. The van der Waals surface area contributed by atoms with Crippen molar-refractivity contribution in [2.45, 2.75) is 39.5 Å². The Kier molecular flexibility index (Phi) is 4.07. The third kappa shape index (κ3) is 3.57. The molecule has 1 heterocycles. The summed E-state index contributed by atoms with van der Waals surface area (Å²) in [5, 5.41) is 0. The predicted octanol–water partition coefficient (Wildman–Crippen LogP) is 2.76. The van der Waals surface area contributed by atoms with E-state index in [1.807, 2.05) is 0 Å². The second kappa shape index (κ2) is 4.86. The molecule has 0 radical (unpaired) electrons. The molecule has 0 aromatic rings. The number of nitrogens with zero attached hydrogens (tertiary/aromatic N) is 1. The first kappa shape index (κ1) is 10.0. The van der Waals surface area contributed by atoms with E-state index in [1.54, 1.807) is 0 Å². The van der Waals surface area contributed by atoms with E-state index in [4.69, 9.17) is 0 Å². The Hall–Kier alpha value is -0.0400. The number of rotatable bonds is 3.